The molecule has 0 saturated carbocycles. The quantitative estimate of drug-likeness (QED) is 0.626. The summed E-state index contributed by atoms with van der Waals surface area (Å²) in [5.74, 6) is 0.0595. The van der Waals surface area contributed by atoms with Gasteiger partial charge in [-0.05, 0) is 17.7 Å². The topological polar surface area (TPSA) is 43.1 Å². The normalized spacial score (nSPS) is 10.0. The highest BCUT2D eigenvalue weighted by atomic mass is 16.1. The van der Waals surface area contributed by atoms with Crippen molar-refractivity contribution in [2.24, 2.45) is 0 Å². The molecule has 80 valence electrons. The fraction of sp³-hybridized carbons (Fsp3) is 0.0714. The summed E-state index contributed by atoms with van der Waals surface area (Å²) < 4.78 is 0. The first-order chi connectivity index (χ1) is 7.77. The van der Waals surface area contributed by atoms with Crippen LogP contribution in [0.15, 0.2) is 54.6 Å². The average molecular weight is 211 g/mol. The number of Topliss-reactive ketones (excluding diaryl/α,β-unsaturated/α-hetero) is 1. The lowest BCUT2D eigenvalue weighted by atomic mass is 10.0. The molecule has 2 aromatic carbocycles. The molecule has 0 atom stereocenters. The summed E-state index contributed by atoms with van der Waals surface area (Å²) in [5, 5.41) is 0. The largest absolute Gasteiger partial charge is 0.398 e. The standard InChI is InChI=1S/C14H13NO/c15-13-9-5-4-8-12(13)14(16)10-11-6-2-1-3-7-11/h1-9H,10,15H2. The summed E-state index contributed by atoms with van der Waals surface area (Å²) in [5.41, 5.74) is 7.91. The van der Waals surface area contributed by atoms with Crippen molar-refractivity contribution in [3.8, 4) is 0 Å². The van der Waals surface area contributed by atoms with Gasteiger partial charge in [-0.3, -0.25) is 4.79 Å². The lowest BCUT2D eigenvalue weighted by Gasteiger charge is -2.04. The van der Waals surface area contributed by atoms with Crippen molar-refractivity contribution in [3.63, 3.8) is 0 Å². The molecular weight excluding hydrogens is 198 g/mol. The number of para-hydroxylation sites is 1. The molecule has 16 heavy (non-hydrogen) atoms. The van der Waals surface area contributed by atoms with E-state index in [1.807, 2.05) is 42.5 Å². The smallest absolute Gasteiger partial charge is 0.169 e. The lowest BCUT2D eigenvalue weighted by Crippen LogP contribution is -2.06. The number of hydrogen-bond acceptors (Lipinski definition) is 2. The third kappa shape index (κ3) is 2.28. The van der Waals surface area contributed by atoms with Crippen LogP contribution >= 0.6 is 0 Å². The van der Waals surface area contributed by atoms with Crippen LogP contribution in [-0.4, -0.2) is 5.78 Å². The van der Waals surface area contributed by atoms with Crippen molar-refractivity contribution in [2.45, 2.75) is 6.42 Å². The first kappa shape index (κ1) is 10.4. The summed E-state index contributed by atoms with van der Waals surface area (Å²) >= 11 is 0. The highest BCUT2D eigenvalue weighted by Gasteiger charge is 2.09. The van der Waals surface area contributed by atoms with Crippen LogP contribution in [0.25, 0.3) is 0 Å². The molecule has 0 saturated heterocycles. The van der Waals surface area contributed by atoms with Crippen LogP contribution in [0.1, 0.15) is 15.9 Å². The van der Waals surface area contributed by atoms with Gasteiger partial charge in [0.25, 0.3) is 0 Å². The highest BCUT2D eigenvalue weighted by molar-refractivity contribution is 6.01. The van der Waals surface area contributed by atoms with Crippen LogP contribution < -0.4 is 5.73 Å². The monoisotopic (exact) mass is 211 g/mol. The van der Waals surface area contributed by atoms with Crippen molar-refractivity contribution in [1.29, 1.82) is 0 Å². The summed E-state index contributed by atoms with van der Waals surface area (Å²) in [4.78, 5) is 12.0. The molecule has 2 N–H and O–H groups in total. The number of carbonyl (C=O) groups is 1. The zero-order chi connectivity index (χ0) is 11.4. The molecule has 2 nitrogen and oxygen atoms in total. The van der Waals surface area contributed by atoms with Gasteiger partial charge >= 0.3 is 0 Å². The molecule has 0 aliphatic heterocycles. The molecule has 2 heteroatoms. The van der Waals surface area contributed by atoms with Crippen LogP contribution in [0.5, 0.6) is 0 Å². The van der Waals surface area contributed by atoms with E-state index in [9.17, 15) is 4.79 Å². The van der Waals surface area contributed by atoms with Gasteiger partial charge in [0.15, 0.2) is 5.78 Å². The minimum absolute atomic E-state index is 0.0595. The van der Waals surface area contributed by atoms with Gasteiger partial charge in [0.05, 0.1) is 0 Å². The summed E-state index contributed by atoms with van der Waals surface area (Å²) in [6, 6.07) is 16.8. The predicted octanol–water partition coefficient (Wildman–Crippen LogP) is 2.69. The molecule has 0 aliphatic rings. The molecule has 0 aromatic heterocycles. The van der Waals surface area contributed by atoms with E-state index in [0.29, 0.717) is 17.7 Å². The molecule has 2 aromatic rings. The Kier molecular flexibility index (Phi) is 3.01. The van der Waals surface area contributed by atoms with Gasteiger partial charge in [-0.2, -0.15) is 0 Å². The lowest BCUT2D eigenvalue weighted by molar-refractivity contribution is 0.0994. The van der Waals surface area contributed by atoms with Crippen LogP contribution in [-0.2, 0) is 6.42 Å². The van der Waals surface area contributed by atoms with Gasteiger partial charge in [0.1, 0.15) is 0 Å². The number of ketones is 1. The zero-order valence-corrected chi connectivity index (χ0v) is 8.89. The molecule has 2 rings (SSSR count). The first-order valence-electron chi connectivity index (χ1n) is 5.19. The molecule has 0 spiro atoms. The molecule has 0 aliphatic carbocycles. The Morgan fingerprint density at radius 2 is 1.56 bits per heavy atom. The van der Waals surface area contributed by atoms with E-state index >= 15 is 0 Å². The Morgan fingerprint density at radius 3 is 2.25 bits per heavy atom. The second kappa shape index (κ2) is 4.62. The SMILES string of the molecule is Nc1ccccc1C(=O)Cc1ccccc1. The van der Waals surface area contributed by atoms with E-state index in [1.165, 1.54) is 0 Å². The van der Waals surface area contributed by atoms with E-state index in [-0.39, 0.29) is 5.78 Å². The van der Waals surface area contributed by atoms with E-state index in [0.717, 1.165) is 5.56 Å². The maximum absolute atomic E-state index is 12.0. The van der Waals surface area contributed by atoms with E-state index in [2.05, 4.69) is 0 Å². The summed E-state index contributed by atoms with van der Waals surface area (Å²) in [6.45, 7) is 0. The molecule has 0 amide bonds. The fourth-order valence-corrected chi connectivity index (χ4v) is 1.63. The van der Waals surface area contributed by atoms with Gasteiger partial charge in [-0.25, -0.2) is 0 Å². The number of nitrogen functional groups attached to an aromatic ring is 1. The molecule has 0 fully saturated rings. The molecule has 0 bridgehead atoms. The Labute approximate surface area is 94.7 Å². The van der Waals surface area contributed by atoms with Crippen LogP contribution in [0.3, 0.4) is 0 Å². The van der Waals surface area contributed by atoms with E-state index in [4.69, 9.17) is 5.73 Å². The van der Waals surface area contributed by atoms with Crippen molar-refractivity contribution in [1.82, 2.24) is 0 Å². The third-order valence-corrected chi connectivity index (χ3v) is 2.47. The highest BCUT2D eigenvalue weighted by Crippen LogP contribution is 2.13. The van der Waals surface area contributed by atoms with Crippen molar-refractivity contribution < 1.29 is 4.79 Å². The van der Waals surface area contributed by atoms with Gasteiger partial charge < -0.3 is 5.73 Å². The second-order valence-corrected chi connectivity index (χ2v) is 3.67. The Hall–Kier alpha value is -2.09. The summed E-state index contributed by atoms with van der Waals surface area (Å²) in [6.07, 6.45) is 0.398. The maximum atomic E-state index is 12.0. The number of carbonyl (C=O) groups excluding carboxylic acids is 1. The summed E-state index contributed by atoms with van der Waals surface area (Å²) in [7, 11) is 0. The molecular formula is C14H13NO. The third-order valence-electron chi connectivity index (χ3n) is 2.47. The van der Waals surface area contributed by atoms with Crippen LogP contribution in [0.4, 0.5) is 5.69 Å². The Bertz CT molecular complexity index is 491. The molecule has 0 heterocycles. The number of nitrogens with two attached hydrogens (primary N) is 1. The average Bonchev–Trinajstić information content (AvgIpc) is 2.31. The number of rotatable bonds is 3. The second-order valence-electron chi connectivity index (χ2n) is 3.67. The van der Waals surface area contributed by atoms with Gasteiger partial charge in [0, 0.05) is 17.7 Å². The Morgan fingerprint density at radius 1 is 0.938 bits per heavy atom. The van der Waals surface area contributed by atoms with Crippen molar-refractivity contribution in [2.75, 3.05) is 5.73 Å². The Balaban J connectivity index is 2.19. The van der Waals surface area contributed by atoms with Crippen LogP contribution in [0, 0.1) is 0 Å². The van der Waals surface area contributed by atoms with Crippen molar-refractivity contribution >= 4 is 11.5 Å². The fourth-order valence-electron chi connectivity index (χ4n) is 1.63. The van der Waals surface area contributed by atoms with E-state index in [1.54, 1.807) is 12.1 Å². The van der Waals surface area contributed by atoms with Gasteiger partial charge in [-0.15, -0.1) is 0 Å². The minimum Gasteiger partial charge on any atom is -0.398 e. The zero-order valence-electron chi connectivity index (χ0n) is 8.89. The number of benzene rings is 2. The van der Waals surface area contributed by atoms with Crippen molar-refractivity contribution in [3.05, 3.63) is 65.7 Å². The first-order valence-corrected chi connectivity index (χ1v) is 5.19. The van der Waals surface area contributed by atoms with Gasteiger partial charge in [-0.1, -0.05) is 42.5 Å². The van der Waals surface area contributed by atoms with Gasteiger partial charge in [0.2, 0.25) is 0 Å². The van der Waals surface area contributed by atoms with Crippen LogP contribution in [0.2, 0.25) is 0 Å². The maximum Gasteiger partial charge on any atom is 0.169 e. The molecule has 0 radical (unpaired) electrons. The minimum atomic E-state index is 0.0595. The van der Waals surface area contributed by atoms with E-state index < -0.39 is 0 Å². The number of hydrogen-bond donors (Lipinski definition) is 1. The molecule has 0 unspecified atom stereocenters. The predicted molar refractivity (Wildman–Crippen MR) is 65.3 cm³/mol. The number of anilines is 1.